The number of fused-ring (bicyclic) bond motifs is 1. The zero-order chi connectivity index (χ0) is 17.5. The maximum Gasteiger partial charge on any atom is 0.414 e. The van der Waals surface area contributed by atoms with Gasteiger partial charge in [-0.3, -0.25) is 10.00 Å². The highest BCUT2D eigenvalue weighted by Gasteiger charge is 2.30. The van der Waals surface area contributed by atoms with E-state index in [4.69, 9.17) is 9.84 Å². The first kappa shape index (κ1) is 16.0. The molecule has 3 rings (SSSR count). The van der Waals surface area contributed by atoms with Crippen LogP contribution in [0.4, 0.5) is 10.5 Å². The lowest BCUT2D eigenvalue weighted by Crippen LogP contribution is -2.35. The first-order chi connectivity index (χ1) is 11.3. The van der Waals surface area contributed by atoms with E-state index in [0.29, 0.717) is 18.7 Å². The molecule has 1 aromatic carbocycles. The number of amides is 1. The van der Waals surface area contributed by atoms with E-state index >= 15 is 0 Å². The fourth-order valence-corrected chi connectivity index (χ4v) is 2.75. The maximum atomic E-state index is 12.4. The van der Waals surface area contributed by atoms with Gasteiger partial charge in [0.05, 0.1) is 11.4 Å². The van der Waals surface area contributed by atoms with E-state index in [9.17, 15) is 9.59 Å². The Balaban J connectivity index is 1.94. The van der Waals surface area contributed by atoms with Gasteiger partial charge in [-0.25, -0.2) is 9.59 Å². The van der Waals surface area contributed by atoms with Crippen molar-refractivity contribution in [3.05, 3.63) is 35.5 Å². The average Bonchev–Trinajstić information content (AvgIpc) is 3.12. The Kier molecular flexibility index (Phi) is 3.79. The molecule has 7 heteroatoms. The van der Waals surface area contributed by atoms with Crippen molar-refractivity contribution in [2.75, 3.05) is 11.4 Å². The summed E-state index contributed by atoms with van der Waals surface area (Å²) in [5, 5.41) is 15.6. The molecule has 0 saturated heterocycles. The molecule has 126 valence electrons. The van der Waals surface area contributed by atoms with Crippen molar-refractivity contribution < 1.29 is 19.4 Å². The highest BCUT2D eigenvalue weighted by atomic mass is 16.6. The minimum absolute atomic E-state index is 0.0320. The van der Waals surface area contributed by atoms with Crippen molar-refractivity contribution in [1.29, 1.82) is 0 Å². The van der Waals surface area contributed by atoms with Crippen LogP contribution in [0.5, 0.6) is 0 Å². The number of hydrogen-bond acceptors (Lipinski definition) is 4. The number of carbonyl (C=O) groups excluding carboxylic acids is 1. The van der Waals surface area contributed by atoms with Gasteiger partial charge in [0.25, 0.3) is 0 Å². The number of H-pyrrole nitrogens is 1. The average molecular weight is 329 g/mol. The van der Waals surface area contributed by atoms with E-state index in [2.05, 4.69) is 10.2 Å². The number of aromatic carboxylic acids is 1. The minimum Gasteiger partial charge on any atom is -0.477 e. The summed E-state index contributed by atoms with van der Waals surface area (Å²) in [6.07, 6.45) is 0.284. The van der Waals surface area contributed by atoms with Gasteiger partial charge in [-0.05, 0) is 44.9 Å². The van der Waals surface area contributed by atoms with Crippen LogP contribution in [-0.4, -0.2) is 39.5 Å². The van der Waals surface area contributed by atoms with Crippen LogP contribution in [0.25, 0.3) is 11.3 Å². The number of nitrogens with zero attached hydrogens (tertiary/aromatic N) is 2. The second kappa shape index (κ2) is 5.67. The highest BCUT2D eigenvalue weighted by molar-refractivity contribution is 5.93. The number of rotatable bonds is 2. The summed E-state index contributed by atoms with van der Waals surface area (Å²) in [6, 6.07) is 7.06. The first-order valence-electron chi connectivity index (χ1n) is 7.68. The minimum atomic E-state index is -1.06. The molecule has 7 nitrogen and oxygen atoms in total. The molecule has 1 aliphatic heterocycles. The van der Waals surface area contributed by atoms with E-state index in [1.54, 1.807) is 4.90 Å². The lowest BCUT2D eigenvalue weighted by molar-refractivity contribution is 0.0583. The van der Waals surface area contributed by atoms with Crippen LogP contribution in [0, 0.1) is 0 Å². The van der Waals surface area contributed by atoms with Gasteiger partial charge in [0.2, 0.25) is 0 Å². The van der Waals surface area contributed by atoms with Crippen molar-refractivity contribution in [3.8, 4) is 11.3 Å². The van der Waals surface area contributed by atoms with Crippen LogP contribution >= 0.6 is 0 Å². The second-order valence-corrected chi connectivity index (χ2v) is 6.66. The van der Waals surface area contributed by atoms with E-state index in [0.717, 1.165) is 16.8 Å². The Morgan fingerprint density at radius 2 is 2.08 bits per heavy atom. The van der Waals surface area contributed by atoms with Gasteiger partial charge in [0.1, 0.15) is 11.3 Å². The zero-order valence-corrected chi connectivity index (χ0v) is 13.8. The number of aromatic nitrogens is 2. The Bertz CT molecular complexity index is 804. The van der Waals surface area contributed by atoms with Gasteiger partial charge in [-0.2, -0.15) is 5.10 Å². The topological polar surface area (TPSA) is 95.5 Å². The second-order valence-electron chi connectivity index (χ2n) is 6.66. The third-order valence-corrected chi connectivity index (χ3v) is 3.73. The van der Waals surface area contributed by atoms with Crippen molar-refractivity contribution in [2.24, 2.45) is 0 Å². The van der Waals surface area contributed by atoms with Gasteiger partial charge in [0.15, 0.2) is 0 Å². The molecule has 2 aromatic rings. The molecular formula is C17H19N3O4. The molecule has 0 bridgehead atoms. The molecule has 0 atom stereocenters. The summed E-state index contributed by atoms with van der Waals surface area (Å²) in [6.45, 7) is 6.01. The molecule has 1 amide bonds. The Morgan fingerprint density at radius 1 is 1.33 bits per heavy atom. The number of benzene rings is 1. The van der Waals surface area contributed by atoms with Gasteiger partial charge in [-0.1, -0.05) is 12.1 Å². The third kappa shape index (κ3) is 2.97. The molecule has 0 fully saturated rings. The number of ether oxygens (including phenoxy) is 1. The smallest absolute Gasteiger partial charge is 0.414 e. The molecule has 1 aromatic heterocycles. The van der Waals surface area contributed by atoms with E-state index in [-0.39, 0.29) is 11.8 Å². The number of carboxylic acids is 1. The predicted octanol–water partition coefficient (Wildman–Crippen LogP) is 3.07. The number of aromatic amines is 1. The number of carboxylic acid groups (broad SMARTS) is 1. The maximum absolute atomic E-state index is 12.4. The summed E-state index contributed by atoms with van der Waals surface area (Å²) in [7, 11) is 0. The third-order valence-electron chi connectivity index (χ3n) is 3.73. The molecule has 0 spiro atoms. The Morgan fingerprint density at radius 3 is 2.71 bits per heavy atom. The number of nitrogens with one attached hydrogen (secondary N) is 1. The zero-order valence-electron chi connectivity index (χ0n) is 13.8. The van der Waals surface area contributed by atoms with Gasteiger partial charge < -0.3 is 9.84 Å². The Labute approximate surface area is 139 Å². The monoisotopic (exact) mass is 329 g/mol. The van der Waals surface area contributed by atoms with Crippen LogP contribution in [-0.2, 0) is 11.2 Å². The lowest BCUT2D eigenvalue weighted by Gasteiger charge is -2.24. The van der Waals surface area contributed by atoms with E-state index in [1.807, 2.05) is 39.0 Å². The number of anilines is 1. The molecule has 0 saturated carbocycles. The summed E-state index contributed by atoms with van der Waals surface area (Å²) in [4.78, 5) is 25.0. The van der Waals surface area contributed by atoms with Crippen LogP contribution in [0.2, 0.25) is 0 Å². The van der Waals surface area contributed by atoms with Crippen LogP contribution in [0.3, 0.4) is 0 Å². The SMILES string of the molecule is CC(C)(C)OC(=O)N1CCc2c(-c3cc(C(=O)O)[nH]n3)cccc21. The summed E-state index contributed by atoms with van der Waals surface area (Å²) < 4.78 is 5.45. The van der Waals surface area contributed by atoms with Crippen LogP contribution in [0.1, 0.15) is 36.8 Å². The lowest BCUT2D eigenvalue weighted by atomic mass is 10.0. The number of carbonyl (C=O) groups is 2. The molecule has 0 unspecified atom stereocenters. The summed E-state index contributed by atoms with van der Waals surface area (Å²) in [5.41, 5.74) is 2.59. The summed E-state index contributed by atoms with van der Waals surface area (Å²) in [5.74, 6) is -1.06. The molecule has 0 radical (unpaired) electrons. The Hall–Kier alpha value is -2.83. The molecule has 24 heavy (non-hydrogen) atoms. The van der Waals surface area contributed by atoms with Crippen molar-refractivity contribution in [1.82, 2.24) is 10.2 Å². The number of hydrogen-bond donors (Lipinski definition) is 2. The van der Waals surface area contributed by atoms with Crippen LogP contribution in [0.15, 0.2) is 24.3 Å². The van der Waals surface area contributed by atoms with Gasteiger partial charge in [-0.15, -0.1) is 0 Å². The van der Waals surface area contributed by atoms with Crippen molar-refractivity contribution >= 4 is 17.7 Å². The van der Waals surface area contributed by atoms with Crippen molar-refractivity contribution in [2.45, 2.75) is 32.8 Å². The van der Waals surface area contributed by atoms with Gasteiger partial charge >= 0.3 is 12.1 Å². The largest absolute Gasteiger partial charge is 0.477 e. The van der Waals surface area contributed by atoms with Crippen LogP contribution < -0.4 is 4.90 Å². The standard InChI is InChI=1S/C17H19N3O4/c1-17(2,3)24-16(23)20-8-7-11-10(5-4-6-14(11)20)12-9-13(15(21)22)19-18-12/h4-6,9H,7-8H2,1-3H3,(H,18,19)(H,21,22). The first-order valence-corrected chi connectivity index (χ1v) is 7.68. The van der Waals surface area contributed by atoms with E-state index < -0.39 is 11.6 Å². The molecule has 1 aliphatic rings. The van der Waals surface area contributed by atoms with Gasteiger partial charge in [0, 0.05) is 12.1 Å². The fraction of sp³-hybridized carbons (Fsp3) is 0.353. The summed E-state index contributed by atoms with van der Waals surface area (Å²) >= 11 is 0. The molecule has 0 aliphatic carbocycles. The molecular weight excluding hydrogens is 310 g/mol. The molecule has 2 heterocycles. The fourth-order valence-electron chi connectivity index (χ4n) is 2.75. The molecule has 2 N–H and O–H groups in total. The highest BCUT2D eigenvalue weighted by Crippen LogP contribution is 2.36. The predicted molar refractivity (Wildman–Crippen MR) is 88.3 cm³/mol. The normalized spacial score (nSPS) is 13.7. The quantitative estimate of drug-likeness (QED) is 0.883. The van der Waals surface area contributed by atoms with Crippen molar-refractivity contribution in [3.63, 3.8) is 0 Å². The van der Waals surface area contributed by atoms with E-state index in [1.165, 1.54) is 6.07 Å².